The highest BCUT2D eigenvalue weighted by Gasteiger charge is 2.59. The minimum atomic E-state index is -0.987. The summed E-state index contributed by atoms with van der Waals surface area (Å²) < 4.78 is 0. The Morgan fingerprint density at radius 2 is 2.03 bits per heavy atom. The summed E-state index contributed by atoms with van der Waals surface area (Å²) in [5.74, 6) is -0.0245. The number of nitrogens with one attached hydrogen (secondary N) is 2. The number of carbonyl (C=O) groups is 2. The molecule has 7 heteroatoms. The molecule has 7 nitrogen and oxygen atoms in total. The molecule has 5 rings (SSSR count). The summed E-state index contributed by atoms with van der Waals surface area (Å²) in [5, 5.41) is 14.3. The summed E-state index contributed by atoms with van der Waals surface area (Å²) in [6, 6.07) is 12.4. The van der Waals surface area contributed by atoms with Crippen LogP contribution in [0, 0.1) is 6.92 Å². The number of H-pyrrole nitrogens is 1. The Bertz CT molecular complexity index is 1230. The van der Waals surface area contributed by atoms with Crippen molar-refractivity contribution in [3.8, 4) is 5.75 Å². The number of phenols is 1. The topological polar surface area (TPSA) is 88.7 Å². The van der Waals surface area contributed by atoms with Crippen LogP contribution in [-0.2, 0) is 11.2 Å². The minimum absolute atomic E-state index is 0.132. The minimum Gasteiger partial charge on any atom is -0.508 e. The number of carbonyl (C=O) groups excluding carboxylic acids is 2. The summed E-state index contributed by atoms with van der Waals surface area (Å²) in [5.41, 5.74) is 3.89. The average molecular weight is 433 g/mol. The highest BCUT2D eigenvalue weighted by atomic mass is 16.3. The van der Waals surface area contributed by atoms with E-state index in [0.717, 1.165) is 39.8 Å². The van der Waals surface area contributed by atoms with Crippen molar-refractivity contribution in [2.24, 2.45) is 0 Å². The van der Waals surface area contributed by atoms with E-state index in [0.29, 0.717) is 19.4 Å². The van der Waals surface area contributed by atoms with Gasteiger partial charge in [-0.3, -0.25) is 14.6 Å². The molecule has 0 aliphatic carbocycles. The number of nitrogens with zero attached hydrogens (tertiary/aromatic N) is 2. The van der Waals surface area contributed by atoms with E-state index in [1.54, 1.807) is 23.1 Å². The quantitative estimate of drug-likeness (QED) is 0.426. The van der Waals surface area contributed by atoms with Crippen LogP contribution in [0.2, 0.25) is 0 Å². The van der Waals surface area contributed by atoms with Crippen molar-refractivity contribution in [3.05, 3.63) is 64.8 Å². The van der Waals surface area contributed by atoms with Crippen LogP contribution < -0.4 is 5.32 Å². The largest absolute Gasteiger partial charge is 0.508 e. The lowest BCUT2D eigenvalue weighted by molar-refractivity contribution is -0.133. The number of aryl methyl sites for hydroxylation is 1. The van der Waals surface area contributed by atoms with Gasteiger partial charge in [0, 0.05) is 29.6 Å². The number of aromatic amines is 1. The maximum atomic E-state index is 13.6. The van der Waals surface area contributed by atoms with Crippen molar-refractivity contribution in [3.63, 3.8) is 0 Å². The molecule has 3 heterocycles. The number of aromatic nitrogens is 1. The fourth-order valence-corrected chi connectivity index (χ4v) is 5.28. The zero-order valence-electron chi connectivity index (χ0n) is 18.6. The molecule has 2 aliphatic rings. The van der Waals surface area contributed by atoms with Crippen LogP contribution >= 0.6 is 0 Å². The fraction of sp³-hybridized carbons (Fsp3) is 0.360. The van der Waals surface area contributed by atoms with Gasteiger partial charge in [0.1, 0.15) is 17.3 Å². The van der Waals surface area contributed by atoms with E-state index in [1.807, 2.05) is 26.1 Å². The van der Waals surface area contributed by atoms with Crippen LogP contribution in [-0.4, -0.2) is 57.5 Å². The van der Waals surface area contributed by atoms with Gasteiger partial charge in [0.25, 0.3) is 5.91 Å². The molecule has 2 aromatic carbocycles. The molecule has 1 unspecified atom stereocenters. The molecule has 3 aromatic rings. The van der Waals surface area contributed by atoms with Crippen LogP contribution in [0.1, 0.15) is 41.8 Å². The third-order valence-corrected chi connectivity index (χ3v) is 6.82. The number of urea groups is 1. The van der Waals surface area contributed by atoms with Crippen molar-refractivity contribution < 1.29 is 14.7 Å². The predicted molar refractivity (Wildman–Crippen MR) is 123 cm³/mol. The van der Waals surface area contributed by atoms with E-state index in [2.05, 4.69) is 29.4 Å². The number of aromatic hydroxyl groups is 1. The van der Waals surface area contributed by atoms with Gasteiger partial charge in [0.05, 0.1) is 0 Å². The lowest BCUT2D eigenvalue weighted by Crippen LogP contribution is -2.53. The van der Waals surface area contributed by atoms with Crippen molar-refractivity contribution in [2.75, 3.05) is 20.1 Å². The lowest BCUT2D eigenvalue weighted by Gasteiger charge is -2.42. The van der Waals surface area contributed by atoms with Gasteiger partial charge < -0.3 is 15.4 Å². The van der Waals surface area contributed by atoms with Crippen molar-refractivity contribution in [1.29, 1.82) is 0 Å². The van der Waals surface area contributed by atoms with Crippen LogP contribution in [0.5, 0.6) is 5.75 Å². The van der Waals surface area contributed by atoms with E-state index in [9.17, 15) is 14.7 Å². The standard InChI is InChI=1S/C25H28N4O3/c1-15-8-9-20-18(12-15)19-14-25(2)23(31)28(11-5-10-26-3)24(32)29(25)22(21(19)27-20)16-6-4-7-17(30)13-16/h4,6-9,12-13,22,26-27,30H,5,10-11,14H2,1-3H3/t22?,25-/m0/s1. The monoisotopic (exact) mass is 432 g/mol. The first-order valence-electron chi connectivity index (χ1n) is 11.0. The number of imide groups is 1. The van der Waals surface area contributed by atoms with Gasteiger partial charge in [-0.2, -0.15) is 0 Å². The number of hydrogen-bond donors (Lipinski definition) is 3. The fourth-order valence-electron chi connectivity index (χ4n) is 5.28. The Balaban J connectivity index is 1.70. The second-order valence-corrected chi connectivity index (χ2v) is 9.08. The van der Waals surface area contributed by atoms with E-state index in [1.165, 1.54) is 4.90 Å². The Labute approximate surface area is 187 Å². The summed E-state index contributed by atoms with van der Waals surface area (Å²) in [4.78, 5) is 33.9. The molecule has 1 saturated heterocycles. The molecule has 3 amide bonds. The van der Waals surface area contributed by atoms with Gasteiger partial charge in [0.15, 0.2) is 0 Å². The van der Waals surface area contributed by atoms with Gasteiger partial charge in [-0.25, -0.2) is 4.79 Å². The van der Waals surface area contributed by atoms with Crippen molar-refractivity contribution in [2.45, 2.75) is 38.3 Å². The molecule has 0 saturated carbocycles. The average Bonchev–Trinajstić information content (AvgIpc) is 3.20. The molecule has 2 atom stereocenters. The van der Waals surface area contributed by atoms with Crippen LogP contribution in [0.4, 0.5) is 4.79 Å². The van der Waals surface area contributed by atoms with Crippen molar-refractivity contribution >= 4 is 22.8 Å². The lowest BCUT2D eigenvalue weighted by atomic mass is 9.81. The van der Waals surface area contributed by atoms with Gasteiger partial charge in [-0.1, -0.05) is 23.8 Å². The van der Waals surface area contributed by atoms with E-state index in [-0.39, 0.29) is 17.7 Å². The van der Waals surface area contributed by atoms with E-state index >= 15 is 0 Å². The zero-order valence-corrected chi connectivity index (χ0v) is 18.6. The molecule has 3 N–H and O–H groups in total. The second kappa shape index (κ2) is 7.38. The van der Waals surface area contributed by atoms with Crippen LogP contribution in [0.15, 0.2) is 42.5 Å². The molecule has 32 heavy (non-hydrogen) atoms. The first-order chi connectivity index (χ1) is 15.3. The first kappa shape index (κ1) is 20.6. The molecular formula is C25H28N4O3. The summed E-state index contributed by atoms with van der Waals surface area (Å²) in [6.45, 7) is 5.03. The third kappa shape index (κ3) is 2.92. The Kier molecular flexibility index (Phi) is 4.74. The molecule has 1 fully saturated rings. The maximum absolute atomic E-state index is 13.6. The molecule has 166 valence electrons. The zero-order chi connectivity index (χ0) is 22.6. The molecule has 1 aromatic heterocycles. The Morgan fingerprint density at radius 3 is 2.78 bits per heavy atom. The molecular weight excluding hydrogens is 404 g/mol. The Morgan fingerprint density at radius 1 is 1.22 bits per heavy atom. The number of amides is 3. The molecule has 0 bridgehead atoms. The Hall–Kier alpha value is -3.32. The maximum Gasteiger partial charge on any atom is 0.328 e. The molecule has 2 aliphatic heterocycles. The molecule has 0 spiro atoms. The van der Waals surface area contributed by atoms with Gasteiger partial charge in [0.2, 0.25) is 0 Å². The number of benzene rings is 2. The number of rotatable bonds is 5. The SMILES string of the molecule is CNCCCN1C(=O)N2C(c3cccc(O)c3)c3[nH]c4ccc(C)cc4c3C[C@@]2(C)C1=O. The van der Waals surface area contributed by atoms with Crippen LogP contribution in [0.3, 0.4) is 0 Å². The van der Waals surface area contributed by atoms with Crippen molar-refractivity contribution in [1.82, 2.24) is 20.1 Å². The summed E-state index contributed by atoms with van der Waals surface area (Å²) in [6.07, 6.45) is 1.15. The number of hydrogen-bond acceptors (Lipinski definition) is 4. The normalized spacial score (nSPS) is 22.5. The van der Waals surface area contributed by atoms with Gasteiger partial charge >= 0.3 is 6.03 Å². The van der Waals surface area contributed by atoms with Gasteiger partial charge in [-0.15, -0.1) is 0 Å². The summed E-state index contributed by atoms with van der Waals surface area (Å²) in [7, 11) is 1.86. The third-order valence-electron chi connectivity index (χ3n) is 6.82. The smallest absolute Gasteiger partial charge is 0.328 e. The highest BCUT2D eigenvalue weighted by molar-refractivity contribution is 6.08. The van der Waals surface area contributed by atoms with Crippen LogP contribution in [0.25, 0.3) is 10.9 Å². The van der Waals surface area contributed by atoms with E-state index < -0.39 is 11.6 Å². The first-order valence-corrected chi connectivity index (χ1v) is 11.0. The highest BCUT2D eigenvalue weighted by Crippen LogP contribution is 2.49. The predicted octanol–water partition coefficient (Wildman–Crippen LogP) is 3.46. The molecule has 0 radical (unpaired) electrons. The van der Waals surface area contributed by atoms with Gasteiger partial charge in [-0.05, 0) is 69.3 Å². The number of fused-ring (bicyclic) bond motifs is 4. The van der Waals surface area contributed by atoms with E-state index in [4.69, 9.17) is 0 Å². The second-order valence-electron chi connectivity index (χ2n) is 9.08. The summed E-state index contributed by atoms with van der Waals surface area (Å²) >= 11 is 0. The number of phenolic OH excluding ortho intramolecular Hbond substituents is 1.